The van der Waals surface area contributed by atoms with Gasteiger partial charge >= 0.3 is 6.01 Å². The van der Waals surface area contributed by atoms with Crippen LogP contribution >= 0.6 is 0 Å². The minimum atomic E-state index is -1.00. The van der Waals surface area contributed by atoms with Crippen LogP contribution in [-0.2, 0) is 17.8 Å². The second-order valence-electron chi connectivity index (χ2n) is 14.3. The third-order valence-electron chi connectivity index (χ3n) is 10.7. The lowest BCUT2D eigenvalue weighted by molar-refractivity contribution is -0.131. The van der Waals surface area contributed by atoms with Crippen molar-refractivity contribution >= 4 is 28.2 Å². The van der Waals surface area contributed by atoms with Gasteiger partial charge in [-0.3, -0.25) is 9.69 Å². The summed E-state index contributed by atoms with van der Waals surface area (Å²) in [6, 6.07) is 15.6. The molecule has 7 rings (SSSR count). The zero-order valence-electron chi connectivity index (χ0n) is 28.3. The summed E-state index contributed by atoms with van der Waals surface area (Å²) in [5.41, 5.74) is 4.55. The topological polar surface area (TPSA) is 92.1 Å². The molecular formula is C37H45FN8O2. The molecule has 0 spiro atoms. The number of benzene rings is 2. The van der Waals surface area contributed by atoms with Gasteiger partial charge in [-0.25, -0.2) is 4.39 Å². The van der Waals surface area contributed by atoms with Crippen molar-refractivity contribution in [3.8, 4) is 12.1 Å². The molecule has 1 amide bonds. The highest BCUT2D eigenvalue weighted by atomic mass is 19.1. The summed E-state index contributed by atoms with van der Waals surface area (Å²) < 4.78 is 20.4. The second kappa shape index (κ2) is 13.0. The van der Waals surface area contributed by atoms with E-state index in [9.17, 15) is 14.4 Å². The van der Waals surface area contributed by atoms with Gasteiger partial charge in [0.15, 0.2) is 5.83 Å². The Bertz CT molecular complexity index is 1760. The number of likely N-dealkylation sites (N-methyl/N-ethyl adjacent to an activating group) is 1. The number of hydrogen-bond acceptors (Lipinski definition) is 9. The van der Waals surface area contributed by atoms with Crippen molar-refractivity contribution in [1.29, 1.82) is 5.26 Å². The summed E-state index contributed by atoms with van der Waals surface area (Å²) in [6.45, 7) is 11.7. The first kappa shape index (κ1) is 32.3. The number of halogens is 1. The molecule has 3 fully saturated rings. The van der Waals surface area contributed by atoms with E-state index in [0.29, 0.717) is 38.3 Å². The minimum absolute atomic E-state index is 0.0913. The molecule has 3 aromatic rings. The molecule has 3 aliphatic heterocycles. The fraction of sp³-hybridized carbons (Fsp3) is 0.514. The predicted molar refractivity (Wildman–Crippen MR) is 185 cm³/mol. The average molecular weight is 653 g/mol. The molecule has 11 heteroatoms. The molecule has 1 aliphatic carbocycles. The fourth-order valence-electron chi connectivity index (χ4n) is 7.66. The predicted octanol–water partition coefficient (Wildman–Crippen LogP) is 4.32. The van der Waals surface area contributed by atoms with E-state index in [1.165, 1.54) is 26.9 Å². The van der Waals surface area contributed by atoms with E-state index in [1.54, 1.807) is 0 Å². The normalized spacial score (nSPS) is 20.8. The maximum absolute atomic E-state index is 13.9. The van der Waals surface area contributed by atoms with Crippen LogP contribution in [-0.4, -0.2) is 109 Å². The Balaban J connectivity index is 1.17. The lowest BCUT2D eigenvalue weighted by Gasteiger charge is -2.44. The first-order valence-corrected chi connectivity index (χ1v) is 17.1. The van der Waals surface area contributed by atoms with Gasteiger partial charge in [-0.15, -0.1) is 0 Å². The Morgan fingerprint density at radius 1 is 1.10 bits per heavy atom. The SMILES string of the molecule is C=C(F)C(=O)N1CCN(c2nc(OCC3(CN4CC(N(C)C)C4)CC3)nc3c2CCN(c2cccc4cccc(C)c24)C3)CC1CC#N. The molecule has 48 heavy (non-hydrogen) atoms. The van der Waals surface area contributed by atoms with Gasteiger partial charge in [0.25, 0.3) is 5.91 Å². The van der Waals surface area contributed by atoms with Crippen LogP contribution in [0.4, 0.5) is 15.9 Å². The number of aryl methyl sites for hydroxylation is 1. The number of ether oxygens (including phenoxy) is 1. The summed E-state index contributed by atoms with van der Waals surface area (Å²) in [7, 11) is 4.28. The molecule has 0 N–H and O–H groups in total. The zero-order chi connectivity index (χ0) is 33.6. The number of carbonyl (C=O) groups is 1. The summed E-state index contributed by atoms with van der Waals surface area (Å²) >= 11 is 0. The number of rotatable bonds is 10. The van der Waals surface area contributed by atoms with Gasteiger partial charge in [0.1, 0.15) is 5.82 Å². The van der Waals surface area contributed by atoms with Gasteiger partial charge in [0.2, 0.25) is 0 Å². The number of amides is 1. The lowest BCUT2D eigenvalue weighted by atomic mass is 9.99. The molecule has 252 valence electrons. The standard InChI is InChI=1S/C37H45FN8O2/c1-25-7-5-8-27-9-6-10-32(33(25)27)44-16-12-30-31(22-44)40-36(48-24-37(13-14-37)23-43-19-29(20-43)42(3)4)41-34(30)45-17-18-46(35(47)26(2)38)28(21-45)11-15-39/h5-10,28-29H,2,11-14,16-24H2,1,3-4H3. The lowest BCUT2D eigenvalue weighted by Crippen LogP contribution is -2.58. The van der Waals surface area contributed by atoms with Crippen molar-refractivity contribution < 1.29 is 13.9 Å². The first-order valence-electron chi connectivity index (χ1n) is 17.1. The zero-order valence-corrected chi connectivity index (χ0v) is 28.3. The Kier molecular flexibility index (Phi) is 8.73. The highest BCUT2D eigenvalue weighted by molar-refractivity contribution is 5.97. The highest BCUT2D eigenvalue weighted by Gasteiger charge is 2.47. The summed E-state index contributed by atoms with van der Waals surface area (Å²) in [4.78, 5) is 33.5. The maximum Gasteiger partial charge on any atom is 0.318 e. The van der Waals surface area contributed by atoms with E-state index in [-0.39, 0.29) is 18.4 Å². The molecule has 2 aromatic carbocycles. The van der Waals surface area contributed by atoms with Gasteiger partial charge in [0, 0.05) is 73.9 Å². The van der Waals surface area contributed by atoms with Crippen LogP contribution in [0.3, 0.4) is 0 Å². The number of nitriles is 1. The molecule has 2 saturated heterocycles. The van der Waals surface area contributed by atoms with Crippen molar-refractivity contribution in [1.82, 2.24) is 24.7 Å². The molecule has 4 heterocycles. The molecule has 0 bridgehead atoms. The molecule has 10 nitrogen and oxygen atoms in total. The molecule has 0 radical (unpaired) electrons. The van der Waals surface area contributed by atoms with E-state index in [4.69, 9.17) is 14.7 Å². The number of carbonyl (C=O) groups excluding carboxylic acids is 1. The minimum Gasteiger partial charge on any atom is -0.463 e. The van der Waals surface area contributed by atoms with Crippen molar-refractivity contribution in [2.75, 3.05) is 76.3 Å². The molecule has 1 aromatic heterocycles. The molecule has 1 unspecified atom stereocenters. The van der Waals surface area contributed by atoms with Gasteiger partial charge in [-0.2, -0.15) is 15.2 Å². The average Bonchev–Trinajstić information content (AvgIpc) is 3.83. The van der Waals surface area contributed by atoms with Crippen molar-refractivity contribution in [2.24, 2.45) is 5.41 Å². The van der Waals surface area contributed by atoms with Gasteiger partial charge in [0.05, 0.1) is 37.4 Å². The van der Waals surface area contributed by atoms with Crippen molar-refractivity contribution in [3.05, 3.63) is 65.6 Å². The summed E-state index contributed by atoms with van der Waals surface area (Å²) in [5, 5.41) is 12.0. The fourth-order valence-corrected chi connectivity index (χ4v) is 7.66. The second-order valence-corrected chi connectivity index (χ2v) is 14.3. The van der Waals surface area contributed by atoms with E-state index in [2.05, 4.69) is 89.7 Å². The number of nitrogens with zero attached hydrogens (tertiary/aromatic N) is 8. The van der Waals surface area contributed by atoms with Crippen LogP contribution in [0, 0.1) is 23.7 Å². The maximum atomic E-state index is 13.9. The summed E-state index contributed by atoms with van der Waals surface area (Å²) in [6.07, 6.45) is 3.10. The first-order chi connectivity index (χ1) is 23.1. The van der Waals surface area contributed by atoms with Crippen LogP contribution in [0.2, 0.25) is 0 Å². The smallest absolute Gasteiger partial charge is 0.318 e. The number of aromatic nitrogens is 2. The van der Waals surface area contributed by atoms with Crippen LogP contribution in [0.25, 0.3) is 10.8 Å². The Morgan fingerprint density at radius 3 is 2.58 bits per heavy atom. The van der Waals surface area contributed by atoms with Crippen LogP contribution in [0.15, 0.2) is 48.8 Å². The molecule has 1 atom stereocenters. The van der Waals surface area contributed by atoms with Crippen LogP contribution < -0.4 is 14.5 Å². The third kappa shape index (κ3) is 6.31. The Labute approximate surface area is 282 Å². The van der Waals surface area contributed by atoms with E-state index >= 15 is 0 Å². The molecule has 1 saturated carbocycles. The number of piperazine rings is 1. The number of anilines is 2. The highest BCUT2D eigenvalue weighted by Crippen LogP contribution is 2.47. The van der Waals surface area contributed by atoms with Crippen molar-refractivity contribution in [2.45, 2.75) is 51.2 Å². The Hall–Kier alpha value is -4.27. The third-order valence-corrected chi connectivity index (χ3v) is 10.7. The van der Waals surface area contributed by atoms with Gasteiger partial charge in [-0.05, 0) is 57.3 Å². The number of likely N-dealkylation sites (tertiary alicyclic amines) is 1. The van der Waals surface area contributed by atoms with Gasteiger partial charge in [-0.1, -0.05) is 36.9 Å². The number of hydrogen-bond donors (Lipinski definition) is 0. The Morgan fingerprint density at radius 2 is 1.88 bits per heavy atom. The van der Waals surface area contributed by atoms with Crippen LogP contribution in [0.5, 0.6) is 6.01 Å². The summed E-state index contributed by atoms with van der Waals surface area (Å²) in [5.74, 6) is -0.965. The van der Waals surface area contributed by atoms with Crippen molar-refractivity contribution in [3.63, 3.8) is 0 Å². The monoisotopic (exact) mass is 652 g/mol. The van der Waals surface area contributed by atoms with Gasteiger partial charge < -0.3 is 24.3 Å². The van der Waals surface area contributed by atoms with Crippen LogP contribution in [0.1, 0.15) is 36.1 Å². The molecule has 4 aliphatic rings. The van der Waals surface area contributed by atoms with E-state index in [1.807, 2.05) is 0 Å². The van der Waals surface area contributed by atoms with E-state index in [0.717, 1.165) is 62.5 Å². The van der Waals surface area contributed by atoms with E-state index < -0.39 is 17.8 Å². The molecular weight excluding hydrogens is 607 g/mol. The largest absolute Gasteiger partial charge is 0.463 e. The quantitative estimate of drug-likeness (QED) is 0.297. The number of fused-ring (bicyclic) bond motifs is 2.